The zero-order valence-electron chi connectivity index (χ0n) is 15.9. The Morgan fingerprint density at radius 2 is 2.00 bits per heavy atom. The minimum absolute atomic E-state index is 0.0806. The molecule has 0 aromatic heterocycles. The van der Waals surface area contributed by atoms with E-state index >= 15 is 0 Å². The number of hydrogen-bond donors (Lipinski definition) is 1. The van der Waals surface area contributed by atoms with Crippen molar-refractivity contribution < 1.29 is 33.9 Å². The lowest BCUT2D eigenvalue weighted by Crippen LogP contribution is -2.63. The van der Waals surface area contributed by atoms with Crippen LogP contribution in [0.15, 0.2) is 36.0 Å². The second-order valence-corrected chi connectivity index (χ2v) is 7.08. The third-order valence-electron chi connectivity index (χ3n) is 4.37. The van der Waals surface area contributed by atoms with E-state index in [1.165, 1.54) is 60.9 Å². The molecule has 0 bridgehead atoms. The van der Waals surface area contributed by atoms with Crippen LogP contribution in [-0.4, -0.2) is 50.7 Å². The van der Waals surface area contributed by atoms with Gasteiger partial charge in [-0.25, -0.2) is 9.59 Å². The van der Waals surface area contributed by atoms with Gasteiger partial charge < -0.3 is 14.6 Å². The number of carboxylic acids is 1. The van der Waals surface area contributed by atoms with E-state index in [1.54, 1.807) is 6.26 Å². The topological polar surface area (TPSA) is 136 Å². The van der Waals surface area contributed by atoms with Crippen molar-refractivity contribution in [3.63, 3.8) is 0 Å². The number of allylic oxidation sites excluding steroid dienone is 1. The van der Waals surface area contributed by atoms with Crippen LogP contribution >= 0.6 is 11.8 Å². The van der Waals surface area contributed by atoms with E-state index in [0.717, 1.165) is 0 Å². The van der Waals surface area contributed by atoms with Crippen LogP contribution in [0.3, 0.4) is 0 Å². The summed E-state index contributed by atoms with van der Waals surface area (Å²) in [5, 5.41) is 19.4. The van der Waals surface area contributed by atoms with E-state index in [-0.39, 0.29) is 18.0 Å². The second-order valence-electron chi connectivity index (χ2n) is 6.12. The SMILES string of the molecule is CC=C(C(=O)O)N1C(=O)[C@H]([C@H](C)OC(=O)OCc2ccc([N+](=O)[O-])cc2)[C@H]1SC. The predicted molar refractivity (Wildman–Crippen MR) is 103 cm³/mol. The van der Waals surface area contributed by atoms with Gasteiger partial charge in [0.05, 0.1) is 10.3 Å². The fourth-order valence-electron chi connectivity index (χ4n) is 2.91. The van der Waals surface area contributed by atoms with Crippen LogP contribution in [0.1, 0.15) is 19.4 Å². The number of ether oxygens (including phenoxy) is 2. The molecular formula is C18H20N2O8S. The predicted octanol–water partition coefficient (Wildman–Crippen LogP) is 2.77. The number of benzene rings is 1. The number of carbonyl (C=O) groups excluding carboxylic acids is 2. The molecule has 0 saturated carbocycles. The summed E-state index contributed by atoms with van der Waals surface area (Å²) >= 11 is 1.28. The summed E-state index contributed by atoms with van der Waals surface area (Å²) in [7, 11) is 0. The highest BCUT2D eigenvalue weighted by Crippen LogP contribution is 2.40. The summed E-state index contributed by atoms with van der Waals surface area (Å²) < 4.78 is 10.2. The fourth-order valence-corrected chi connectivity index (χ4v) is 3.97. The maximum absolute atomic E-state index is 12.4. The maximum Gasteiger partial charge on any atom is 0.508 e. The highest BCUT2D eigenvalue weighted by molar-refractivity contribution is 7.99. The number of amides is 1. The van der Waals surface area contributed by atoms with E-state index in [0.29, 0.717) is 5.56 Å². The Morgan fingerprint density at radius 3 is 2.48 bits per heavy atom. The van der Waals surface area contributed by atoms with Crippen LogP contribution in [0.25, 0.3) is 0 Å². The first kappa shape index (κ1) is 22.2. The van der Waals surface area contributed by atoms with Crippen LogP contribution < -0.4 is 0 Å². The molecule has 1 saturated heterocycles. The second kappa shape index (κ2) is 9.41. The van der Waals surface area contributed by atoms with Crippen LogP contribution in [0.2, 0.25) is 0 Å². The monoisotopic (exact) mass is 424 g/mol. The van der Waals surface area contributed by atoms with Crippen LogP contribution in [-0.2, 0) is 25.7 Å². The van der Waals surface area contributed by atoms with Crippen LogP contribution in [0.5, 0.6) is 0 Å². The lowest BCUT2D eigenvalue weighted by Gasteiger charge is -2.47. The number of aliphatic carboxylic acids is 1. The number of nitro groups is 1. The number of hydrogen-bond acceptors (Lipinski definition) is 8. The Labute approximate surface area is 170 Å². The largest absolute Gasteiger partial charge is 0.508 e. The van der Waals surface area contributed by atoms with E-state index in [9.17, 15) is 29.6 Å². The summed E-state index contributed by atoms with van der Waals surface area (Å²) in [6.45, 7) is 2.91. The van der Waals surface area contributed by atoms with E-state index in [2.05, 4.69) is 0 Å². The average Bonchev–Trinajstić information content (AvgIpc) is 2.67. The van der Waals surface area contributed by atoms with Gasteiger partial charge in [-0.2, -0.15) is 0 Å². The van der Waals surface area contributed by atoms with Gasteiger partial charge in [0.25, 0.3) is 5.69 Å². The van der Waals surface area contributed by atoms with Crippen molar-refractivity contribution in [2.75, 3.05) is 6.26 Å². The van der Waals surface area contributed by atoms with E-state index in [4.69, 9.17) is 9.47 Å². The van der Waals surface area contributed by atoms with Gasteiger partial charge in [0.15, 0.2) is 0 Å². The first-order chi connectivity index (χ1) is 13.7. The molecule has 156 valence electrons. The lowest BCUT2D eigenvalue weighted by molar-refractivity contribution is -0.384. The van der Waals surface area contributed by atoms with Gasteiger partial charge in [-0.15, -0.1) is 11.8 Å². The van der Waals surface area contributed by atoms with Crippen molar-refractivity contribution in [1.82, 2.24) is 4.90 Å². The molecule has 2 rings (SSSR count). The summed E-state index contributed by atoms with van der Waals surface area (Å²) in [6.07, 6.45) is 1.24. The third-order valence-corrected chi connectivity index (χ3v) is 5.36. The minimum Gasteiger partial charge on any atom is -0.477 e. The lowest BCUT2D eigenvalue weighted by atomic mass is 9.91. The number of nitro benzene ring substituents is 1. The molecule has 11 heteroatoms. The quantitative estimate of drug-likeness (QED) is 0.219. The molecule has 3 atom stereocenters. The zero-order valence-corrected chi connectivity index (χ0v) is 16.8. The van der Waals surface area contributed by atoms with Gasteiger partial charge in [-0.1, -0.05) is 6.08 Å². The molecular weight excluding hydrogens is 404 g/mol. The van der Waals surface area contributed by atoms with Crippen molar-refractivity contribution >= 4 is 35.5 Å². The number of non-ortho nitro benzene ring substituents is 1. The minimum atomic E-state index is -1.21. The maximum atomic E-state index is 12.4. The Bertz CT molecular complexity index is 839. The highest BCUT2D eigenvalue weighted by Gasteiger charge is 2.53. The number of carboxylic acid groups (broad SMARTS) is 1. The Morgan fingerprint density at radius 1 is 1.38 bits per heavy atom. The van der Waals surface area contributed by atoms with E-state index in [1.807, 2.05) is 0 Å². The molecule has 1 aromatic carbocycles. The fraction of sp³-hybridized carbons (Fsp3) is 0.389. The molecule has 1 N–H and O–H groups in total. The van der Waals surface area contributed by atoms with Crippen molar-refractivity contribution in [2.45, 2.75) is 31.9 Å². The summed E-state index contributed by atoms with van der Waals surface area (Å²) in [4.78, 5) is 46.9. The number of β-lactam (4-membered cyclic amide) rings is 1. The van der Waals surface area contributed by atoms with Crippen LogP contribution in [0.4, 0.5) is 10.5 Å². The van der Waals surface area contributed by atoms with E-state index < -0.39 is 40.4 Å². The smallest absolute Gasteiger partial charge is 0.477 e. The molecule has 1 aliphatic rings. The Hall–Kier alpha value is -3.08. The zero-order chi connectivity index (χ0) is 21.7. The molecule has 1 amide bonds. The first-order valence-corrected chi connectivity index (χ1v) is 9.82. The Kier molecular flexibility index (Phi) is 7.21. The molecule has 1 aromatic rings. The van der Waals surface area contributed by atoms with Gasteiger partial charge >= 0.3 is 12.1 Å². The molecule has 0 aliphatic carbocycles. The molecule has 1 aliphatic heterocycles. The molecule has 0 unspecified atom stereocenters. The van der Waals surface area contributed by atoms with Crippen molar-refractivity contribution in [3.05, 3.63) is 51.7 Å². The van der Waals surface area contributed by atoms with Crippen molar-refractivity contribution in [3.8, 4) is 0 Å². The van der Waals surface area contributed by atoms with Crippen LogP contribution in [0, 0.1) is 16.0 Å². The summed E-state index contributed by atoms with van der Waals surface area (Å²) in [6, 6.07) is 5.49. The third kappa shape index (κ3) is 4.86. The van der Waals surface area contributed by atoms with Crippen molar-refractivity contribution in [1.29, 1.82) is 0 Å². The van der Waals surface area contributed by atoms with Gasteiger partial charge in [0, 0.05) is 12.1 Å². The summed E-state index contributed by atoms with van der Waals surface area (Å²) in [5.74, 6) is -2.36. The standard InChI is InChI=1S/C18H20N2O8S/c1-4-13(17(22)23)19-15(21)14(16(19)29-3)10(2)28-18(24)27-9-11-5-7-12(8-6-11)20(25)26/h4-8,10,14,16H,9H2,1-3H3,(H,22,23)/t10-,14-,16+/m0/s1. The number of carbonyl (C=O) groups is 3. The highest BCUT2D eigenvalue weighted by atomic mass is 32.2. The average molecular weight is 424 g/mol. The van der Waals surface area contributed by atoms with Gasteiger partial charge in [-0.3, -0.25) is 19.8 Å². The molecule has 29 heavy (non-hydrogen) atoms. The van der Waals surface area contributed by atoms with Gasteiger partial charge in [0.1, 0.15) is 24.3 Å². The number of nitrogens with zero attached hydrogens (tertiary/aromatic N) is 2. The molecule has 1 heterocycles. The number of rotatable bonds is 8. The number of thioether (sulfide) groups is 1. The molecule has 0 spiro atoms. The first-order valence-electron chi connectivity index (χ1n) is 8.53. The van der Waals surface area contributed by atoms with Crippen molar-refractivity contribution in [2.24, 2.45) is 5.92 Å². The van der Waals surface area contributed by atoms with Gasteiger partial charge in [-0.05, 0) is 37.8 Å². The van der Waals surface area contributed by atoms with Gasteiger partial charge in [0.2, 0.25) is 5.91 Å². The normalized spacial score (nSPS) is 19.9. The molecule has 0 radical (unpaired) electrons. The summed E-state index contributed by atoms with van der Waals surface area (Å²) in [5.41, 5.74) is 0.328. The Balaban J connectivity index is 1.93. The molecule has 10 nitrogen and oxygen atoms in total. The molecule has 1 fully saturated rings. The number of likely N-dealkylation sites (tertiary alicyclic amines) is 1.